The number of hydrogen-bond donors (Lipinski definition) is 1. The van der Waals surface area contributed by atoms with E-state index in [0.29, 0.717) is 29.4 Å². The van der Waals surface area contributed by atoms with E-state index < -0.39 is 11.9 Å². The molecule has 0 saturated carbocycles. The molecule has 0 radical (unpaired) electrons. The largest absolute Gasteiger partial charge is 0.493 e. The molecule has 1 atom stereocenters. The summed E-state index contributed by atoms with van der Waals surface area (Å²) in [6, 6.07) is 7.38. The molecule has 0 spiro atoms. The summed E-state index contributed by atoms with van der Waals surface area (Å²) in [6.07, 6.45) is 0. The number of rotatable bonds is 8. The van der Waals surface area contributed by atoms with Crippen molar-refractivity contribution in [3.8, 4) is 17.6 Å². The summed E-state index contributed by atoms with van der Waals surface area (Å²) in [5.74, 6) is 0.0462. The number of methoxy groups -OCH3 is 1. The van der Waals surface area contributed by atoms with Gasteiger partial charge in [0.15, 0.2) is 11.5 Å². The Morgan fingerprint density at radius 1 is 1.31 bits per heavy atom. The zero-order chi connectivity index (χ0) is 23.1. The van der Waals surface area contributed by atoms with Crippen LogP contribution >= 0.6 is 0 Å². The van der Waals surface area contributed by atoms with E-state index in [4.69, 9.17) is 29.4 Å². The van der Waals surface area contributed by atoms with Gasteiger partial charge < -0.3 is 29.4 Å². The highest BCUT2D eigenvalue weighted by atomic mass is 16.5. The number of esters is 1. The molecule has 0 amide bonds. The Morgan fingerprint density at radius 3 is 2.72 bits per heavy atom. The summed E-state index contributed by atoms with van der Waals surface area (Å²) in [6.45, 7) is 8.05. The second-order valence-electron chi connectivity index (χ2n) is 7.33. The van der Waals surface area contributed by atoms with Crippen molar-refractivity contribution in [2.75, 3.05) is 53.2 Å². The molecule has 1 fully saturated rings. The van der Waals surface area contributed by atoms with E-state index in [2.05, 4.69) is 11.0 Å². The number of ether oxygens (including phenoxy) is 5. The van der Waals surface area contributed by atoms with Crippen LogP contribution in [0.2, 0.25) is 0 Å². The molecule has 2 aliphatic rings. The van der Waals surface area contributed by atoms with Gasteiger partial charge >= 0.3 is 5.97 Å². The van der Waals surface area contributed by atoms with E-state index in [-0.39, 0.29) is 23.6 Å². The first-order valence-corrected chi connectivity index (χ1v) is 10.6. The lowest BCUT2D eigenvalue weighted by Crippen LogP contribution is -2.38. The Balaban J connectivity index is 1.86. The Hall–Kier alpha value is -3.22. The van der Waals surface area contributed by atoms with Gasteiger partial charge in [0.2, 0.25) is 5.88 Å². The molecule has 1 saturated heterocycles. The van der Waals surface area contributed by atoms with Crippen molar-refractivity contribution in [1.82, 2.24) is 4.90 Å². The molecule has 1 aromatic carbocycles. The summed E-state index contributed by atoms with van der Waals surface area (Å²) >= 11 is 0. The van der Waals surface area contributed by atoms with Gasteiger partial charge in [-0.3, -0.25) is 4.90 Å². The first-order chi connectivity index (χ1) is 15.5. The van der Waals surface area contributed by atoms with Crippen LogP contribution in [-0.2, 0) is 19.0 Å². The number of nitrogens with zero attached hydrogens (tertiary/aromatic N) is 2. The summed E-state index contributed by atoms with van der Waals surface area (Å²) in [5.41, 5.74) is 6.98. The Kier molecular flexibility index (Phi) is 7.98. The number of carbonyl (C=O) groups excluding carboxylic acids is 1. The third kappa shape index (κ3) is 5.15. The summed E-state index contributed by atoms with van der Waals surface area (Å²) in [4.78, 5) is 14.9. The first kappa shape index (κ1) is 23.4. The molecule has 0 aromatic heterocycles. The van der Waals surface area contributed by atoms with Gasteiger partial charge in [0.25, 0.3) is 0 Å². The fourth-order valence-corrected chi connectivity index (χ4v) is 3.78. The number of carbonyl (C=O) groups is 1. The van der Waals surface area contributed by atoms with Gasteiger partial charge in [-0.1, -0.05) is 6.07 Å². The van der Waals surface area contributed by atoms with Crippen LogP contribution in [0.3, 0.4) is 0 Å². The van der Waals surface area contributed by atoms with Crippen LogP contribution in [0.4, 0.5) is 0 Å². The first-order valence-electron chi connectivity index (χ1n) is 10.6. The van der Waals surface area contributed by atoms with Gasteiger partial charge in [-0.2, -0.15) is 5.26 Å². The van der Waals surface area contributed by atoms with Gasteiger partial charge in [-0.15, -0.1) is 0 Å². The molecule has 9 nitrogen and oxygen atoms in total. The van der Waals surface area contributed by atoms with Gasteiger partial charge in [0.1, 0.15) is 24.0 Å². The predicted octanol–water partition coefficient (Wildman–Crippen LogP) is 2.05. The molecule has 1 aromatic rings. The Morgan fingerprint density at radius 2 is 2.06 bits per heavy atom. The molecule has 0 aliphatic carbocycles. The molecule has 172 valence electrons. The van der Waals surface area contributed by atoms with Crippen molar-refractivity contribution in [2.24, 2.45) is 5.73 Å². The van der Waals surface area contributed by atoms with Crippen molar-refractivity contribution in [3.63, 3.8) is 0 Å². The molecule has 9 heteroatoms. The van der Waals surface area contributed by atoms with E-state index >= 15 is 0 Å². The van der Waals surface area contributed by atoms with Crippen molar-refractivity contribution in [3.05, 3.63) is 46.6 Å². The highest BCUT2D eigenvalue weighted by molar-refractivity contribution is 5.92. The average Bonchev–Trinajstić information content (AvgIpc) is 2.79. The number of benzene rings is 1. The highest BCUT2D eigenvalue weighted by Gasteiger charge is 2.36. The van der Waals surface area contributed by atoms with Crippen molar-refractivity contribution >= 4 is 5.97 Å². The minimum atomic E-state index is -0.732. The van der Waals surface area contributed by atoms with Crippen LogP contribution in [0.25, 0.3) is 0 Å². The Bertz CT molecular complexity index is 944. The lowest BCUT2D eigenvalue weighted by molar-refractivity contribution is -0.139. The third-order valence-corrected chi connectivity index (χ3v) is 5.39. The van der Waals surface area contributed by atoms with Gasteiger partial charge in [0.05, 0.1) is 38.4 Å². The van der Waals surface area contributed by atoms with Crippen LogP contribution < -0.4 is 15.2 Å². The van der Waals surface area contributed by atoms with Gasteiger partial charge in [-0.05, 0) is 31.5 Å². The maximum Gasteiger partial charge on any atom is 0.338 e. The van der Waals surface area contributed by atoms with E-state index in [9.17, 15) is 10.1 Å². The average molecular weight is 444 g/mol. The SMILES string of the molecule is CCOC(=O)C1=C(C)OC(N)=C(C#N)C1c1ccc(OCCN2CCOCC2)c(OC)c1. The summed E-state index contributed by atoms with van der Waals surface area (Å²) in [5, 5.41) is 9.72. The Labute approximate surface area is 187 Å². The zero-order valence-corrected chi connectivity index (χ0v) is 18.7. The lowest BCUT2D eigenvalue weighted by Gasteiger charge is -2.27. The predicted molar refractivity (Wildman–Crippen MR) is 116 cm³/mol. The molecule has 2 heterocycles. The number of nitriles is 1. The smallest absolute Gasteiger partial charge is 0.338 e. The van der Waals surface area contributed by atoms with Crippen molar-refractivity contribution < 1.29 is 28.5 Å². The van der Waals surface area contributed by atoms with E-state index in [0.717, 1.165) is 32.8 Å². The van der Waals surface area contributed by atoms with Crippen molar-refractivity contribution in [1.29, 1.82) is 5.26 Å². The molecular weight excluding hydrogens is 414 g/mol. The minimum absolute atomic E-state index is 0.0344. The van der Waals surface area contributed by atoms with Crippen LogP contribution in [0.15, 0.2) is 41.0 Å². The molecular formula is C23H29N3O6. The maximum atomic E-state index is 12.7. The van der Waals surface area contributed by atoms with Crippen LogP contribution in [0.5, 0.6) is 11.5 Å². The minimum Gasteiger partial charge on any atom is -0.493 e. The van der Waals surface area contributed by atoms with E-state index in [1.165, 1.54) is 0 Å². The van der Waals surface area contributed by atoms with Crippen molar-refractivity contribution in [2.45, 2.75) is 19.8 Å². The highest BCUT2D eigenvalue weighted by Crippen LogP contribution is 2.42. The van der Waals surface area contributed by atoms with E-state index in [1.807, 2.05) is 0 Å². The van der Waals surface area contributed by atoms with Crippen LogP contribution in [-0.4, -0.2) is 64.0 Å². The van der Waals surface area contributed by atoms with Crippen LogP contribution in [0.1, 0.15) is 25.3 Å². The quantitative estimate of drug-likeness (QED) is 0.603. The summed E-state index contributed by atoms with van der Waals surface area (Å²) < 4.78 is 27.5. The second-order valence-corrected chi connectivity index (χ2v) is 7.33. The number of nitrogens with two attached hydrogens (primary N) is 1. The maximum absolute atomic E-state index is 12.7. The molecule has 2 aliphatic heterocycles. The zero-order valence-electron chi connectivity index (χ0n) is 18.7. The number of hydrogen-bond acceptors (Lipinski definition) is 9. The topological polar surface area (TPSA) is 116 Å². The molecule has 1 unspecified atom stereocenters. The standard InChI is InChI=1S/C23H29N3O6/c1-4-30-23(27)20-15(2)32-22(25)17(14-24)21(20)16-5-6-18(19(13-16)28-3)31-12-9-26-7-10-29-11-8-26/h5-6,13,21H,4,7-12,25H2,1-3H3. The molecule has 32 heavy (non-hydrogen) atoms. The second kappa shape index (κ2) is 10.9. The van der Waals surface area contributed by atoms with Gasteiger partial charge in [0, 0.05) is 19.6 Å². The lowest BCUT2D eigenvalue weighted by atomic mass is 9.83. The summed E-state index contributed by atoms with van der Waals surface area (Å²) in [7, 11) is 1.54. The molecule has 2 N–H and O–H groups in total. The monoisotopic (exact) mass is 443 g/mol. The molecule has 0 bridgehead atoms. The number of morpholine rings is 1. The fourth-order valence-electron chi connectivity index (χ4n) is 3.78. The normalized spacial score (nSPS) is 19.2. The van der Waals surface area contributed by atoms with Crippen LogP contribution in [0, 0.1) is 11.3 Å². The third-order valence-electron chi connectivity index (χ3n) is 5.39. The van der Waals surface area contributed by atoms with E-state index in [1.54, 1.807) is 39.2 Å². The van der Waals surface area contributed by atoms with Gasteiger partial charge in [-0.25, -0.2) is 4.79 Å². The number of allylic oxidation sites excluding steroid dienone is 2. The fraction of sp³-hybridized carbons (Fsp3) is 0.478. The molecule has 3 rings (SSSR count).